The Morgan fingerprint density at radius 2 is 0.976 bits per heavy atom. The molecular weight excluding hydrogens is 524 g/mol. The fraction of sp³-hybridized carbons (Fsp3) is 0.417. The number of carbonyl (C=O) groups is 3. The number of esters is 1. The van der Waals surface area contributed by atoms with E-state index in [2.05, 4.69) is 63.7 Å². The van der Waals surface area contributed by atoms with E-state index in [-0.39, 0.29) is 17.8 Å². The Bertz CT molecular complexity index is 1190. The van der Waals surface area contributed by atoms with E-state index in [1.165, 1.54) is 23.8 Å². The van der Waals surface area contributed by atoms with E-state index < -0.39 is 0 Å². The zero-order valence-electron chi connectivity index (χ0n) is 26.6. The first-order chi connectivity index (χ1) is 20.0. The Morgan fingerprint density at radius 1 is 0.619 bits per heavy atom. The Morgan fingerprint density at radius 3 is 1.31 bits per heavy atom. The van der Waals surface area contributed by atoms with Gasteiger partial charge in [-0.2, -0.15) is 0 Å². The van der Waals surface area contributed by atoms with Gasteiger partial charge in [-0.25, -0.2) is 4.79 Å². The Hall–Kier alpha value is -3.93. The molecule has 6 heteroatoms. The van der Waals surface area contributed by atoms with Gasteiger partial charge >= 0.3 is 5.97 Å². The van der Waals surface area contributed by atoms with Crippen LogP contribution in [0.5, 0.6) is 0 Å². The summed E-state index contributed by atoms with van der Waals surface area (Å²) in [5, 5.41) is 2.59. The average molecular weight is 573 g/mol. The summed E-state index contributed by atoms with van der Waals surface area (Å²) in [6, 6.07) is 23.2. The minimum absolute atomic E-state index is 0.0321. The summed E-state index contributed by atoms with van der Waals surface area (Å²) in [5.74, 6) is 1.40. The molecule has 0 bridgehead atoms. The maximum absolute atomic E-state index is 12.1. The Kier molecular flexibility index (Phi) is 14.0. The van der Waals surface area contributed by atoms with E-state index in [1.54, 1.807) is 19.2 Å². The summed E-state index contributed by atoms with van der Waals surface area (Å²) in [4.78, 5) is 36.3. The number of hydrogen-bond acceptors (Lipinski definition) is 4. The number of carbonyl (C=O) groups excluding carboxylic acids is 3. The molecule has 226 valence electrons. The Balaban J connectivity index is 0.000000222. The van der Waals surface area contributed by atoms with E-state index in [0.29, 0.717) is 28.9 Å². The van der Waals surface area contributed by atoms with Crippen LogP contribution in [0.25, 0.3) is 0 Å². The van der Waals surface area contributed by atoms with Gasteiger partial charge in [0.05, 0.1) is 12.7 Å². The maximum atomic E-state index is 12.1. The monoisotopic (exact) mass is 572 g/mol. The molecule has 0 atom stereocenters. The normalized spacial score (nSPS) is 12.3. The summed E-state index contributed by atoms with van der Waals surface area (Å²) in [7, 11) is 3.03. The molecule has 4 rings (SSSR count). The van der Waals surface area contributed by atoms with Gasteiger partial charge in [0.1, 0.15) is 0 Å². The predicted molar refractivity (Wildman–Crippen MR) is 171 cm³/mol. The largest absolute Gasteiger partial charge is 0.465 e. The van der Waals surface area contributed by atoms with Gasteiger partial charge in [0.15, 0.2) is 0 Å². The van der Waals surface area contributed by atoms with Crippen LogP contribution in [-0.4, -0.2) is 49.9 Å². The second-order valence-corrected chi connectivity index (χ2v) is 11.4. The second-order valence-electron chi connectivity index (χ2n) is 11.4. The smallest absolute Gasteiger partial charge is 0.337 e. The molecule has 3 aromatic rings. The molecule has 1 fully saturated rings. The summed E-state index contributed by atoms with van der Waals surface area (Å²) in [5.41, 5.74) is 5.92. The van der Waals surface area contributed by atoms with Crippen LogP contribution >= 0.6 is 0 Å². The molecule has 42 heavy (non-hydrogen) atoms. The molecule has 0 aliphatic carbocycles. The molecular formula is C36H48N2O4. The molecule has 0 aromatic heterocycles. The fourth-order valence-corrected chi connectivity index (χ4v) is 4.40. The zero-order valence-corrected chi connectivity index (χ0v) is 26.6. The first-order valence-electron chi connectivity index (χ1n) is 14.9. The third kappa shape index (κ3) is 10.5. The molecule has 1 heterocycles. The van der Waals surface area contributed by atoms with Gasteiger partial charge in [0.25, 0.3) is 11.8 Å². The molecule has 1 aliphatic rings. The van der Waals surface area contributed by atoms with Gasteiger partial charge in [-0.3, -0.25) is 9.59 Å². The third-order valence-electron chi connectivity index (χ3n) is 7.28. The van der Waals surface area contributed by atoms with Crippen molar-refractivity contribution < 1.29 is 19.1 Å². The zero-order chi connectivity index (χ0) is 31.2. The van der Waals surface area contributed by atoms with Crippen molar-refractivity contribution in [1.82, 2.24) is 10.2 Å². The van der Waals surface area contributed by atoms with Crippen molar-refractivity contribution in [1.29, 1.82) is 0 Å². The van der Waals surface area contributed by atoms with Crippen molar-refractivity contribution in [3.8, 4) is 0 Å². The van der Waals surface area contributed by atoms with Gasteiger partial charge in [0.2, 0.25) is 0 Å². The van der Waals surface area contributed by atoms with Gasteiger partial charge in [-0.05, 0) is 83.7 Å². The number of benzene rings is 3. The van der Waals surface area contributed by atoms with E-state index in [4.69, 9.17) is 0 Å². The van der Waals surface area contributed by atoms with Crippen molar-refractivity contribution in [3.05, 3.63) is 106 Å². The topological polar surface area (TPSA) is 75.7 Å². The predicted octanol–water partition coefficient (Wildman–Crippen LogP) is 7.81. The maximum Gasteiger partial charge on any atom is 0.337 e. The number of rotatable bonds is 6. The van der Waals surface area contributed by atoms with Crippen LogP contribution in [0.3, 0.4) is 0 Å². The lowest BCUT2D eigenvalue weighted by atomic mass is 10.0. The fourth-order valence-electron chi connectivity index (χ4n) is 4.40. The van der Waals surface area contributed by atoms with Crippen LogP contribution in [0, 0.1) is 0 Å². The second kappa shape index (κ2) is 17.1. The van der Waals surface area contributed by atoms with E-state index in [9.17, 15) is 14.4 Å². The van der Waals surface area contributed by atoms with E-state index in [0.717, 1.165) is 31.5 Å². The first-order valence-corrected chi connectivity index (χ1v) is 14.9. The SMILES string of the molecule is CC(C)c1ccc(C(=O)N2CCCC2)cc1.CNC(=O)c1ccc(C(C)C)cc1.COC(=O)c1ccc(C(C)C)cc1. The van der Waals surface area contributed by atoms with Gasteiger partial charge in [-0.15, -0.1) is 0 Å². The number of methoxy groups -OCH3 is 1. The van der Waals surface area contributed by atoms with E-state index >= 15 is 0 Å². The van der Waals surface area contributed by atoms with Gasteiger partial charge in [0, 0.05) is 31.3 Å². The van der Waals surface area contributed by atoms with Gasteiger partial charge in [-0.1, -0.05) is 77.9 Å². The third-order valence-corrected chi connectivity index (χ3v) is 7.28. The highest BCUT2D eigenvalue weighted by Gasteiger charge is 2.19. The summed E-state index contributed by atoms with van der Waals surface area (Å²) < 4.78 is 4.60. The van der Waals surface area contributed by atoms with Crippen LogP contribution in [0.4, 0.5) is 0 Å². The van der Waals surface area contributed by atoms with E-state index in [1.807, 2.05) is 53.4 Å². The van der Waals surface area contributed by atoms with Crippen molar-refractivity contribution in [3.63, 3.8) is 0 Å². The van der Waals surface area contributed by atoms with Crippen LogP contribution in [0.1, 0.15) is 120 Å². The molecule has 1 saturated heterocycles. The van der Waals surface area contributed by atoms with Crippen molar-refractivity contribution in [2.75, 3.05) is 27.2 Å². The number of nitrogens with one attached hydrogen (secondary N) is 1. The van der Waals surface area contributed by atoms with Crippen LogP contribution < -0.4 is 5.32 Å². The number of hydrogen-bond donors (Lipinski definition) is 1. The summed E-state index contributed by atoms with van der Waals surface area (Å²) >= 11 is 0. The summed E-state index contributed by atoms with van der Waals surface area (Å²) in [6.45, 7) is 14.7. The number of nitrogens with zero attached hydrogens (tertiary/aromatic N) is 1. The van der Waals surface area contributed by atoms with Crippen molar-refractivity contribution in [2.24, 2.45) is 0 Å². The molecule has 0 unspecified atom stereocenters. The van der Waals surface area contributed by atoms with Crippen LogP contribution in [-0.2, 0) is 4.74 Å². The van der Waals surface area contributed by atoms with Crippen LogP contribution in [0.2, 0.25) is 0 Å². The standard InChI is InChI=1S/C14H19NO.C11H15NO.C11H14O2/c1-11(2)12-5-7-13(8-6-12)14(16)15-9-3-4-10-15;1-8(2)9-4-6-10(7-5-9)11(13)12-3;1-8(2)9-4-6-10(7-5-9)11(12)13-3/h5-8,11H,3-4,9-10H2,1-2H3;4-8H,1-3H3,(H,12,13);4-8H,1-3H3. The highest BCUT2D eigenvalue weighted by molar-refractivity contribution is 5.94. The van der Waals surface area contributed by atoms with Crippen molar-refractivity contribution in [2.45, 2.75) is 72.1 Å². The molecule has 3 aromatic carbocycles. The Labute approximate surface area is 252 Å². The molecule has 1 N–H and O–H groups in total. The van der Waals surface area contributed by atoms with Crippen molar-refractivity contribution >= 4 is 17.8 Å². The highest BCUT2D eigenvalue weighted by Crippen LogP contribution is 2.18. The van der Waals surface area contributed by atoms with Crippen LogP contribution in [0.15, 0.2) is 72.8 Å². The number of ether oxygens (including phenoxy) is 1. The molecule has 2 amide bonds. The average Bonchev–Trinajstić information content (AvgIpc) is 3.56. The minimum Gasteiger partial charge on any atom is -0.465 e. The highest BCUT2D eigenvalue weighted by atomic mass is 16.5. The first kappa shape index (κ1) is 34.3. The lowest BCUT2D eigenvalue weighted by Crippen LogP contribution is -2.27. The lowest BCUT2D eigenvalue weighted by Gasteiger charge is -2.15. The summed E-state index contributed by atoms with van der Waals surface area (Å²) in [6.07, 6.45) is 2.30. The molecule has 6 nitrogen and oxygen atoms in total. The molecule has 0 spiro atoms. The number of likely N-dealkylation sites (tertiary alicyclic amines) is 1. The quantitative estimate of drug-likeness (QED) is 0.306. The molecule has 0 saturated carbocycles. The lowest BCUT2D eigenvalue weighted by molar-refractivity contribution is 0.0600. The minimum atomic E-state index is -0.282. The van der Waals surface area contributed by atoms with Gasteiger partial charge < -0.3 is 15.0 Å². The number of amides is 2. The molecule has 1 aliphatic heterocycles. The molecule has 0 radical (unpaired) electrons.